The van der Waals surface area contributed by atoms with Gasteiger partial charge in [-0.05, 0) is 30.0 Å². The van der Waals surface area contributed by atoms with Gasteiger partial charge in [0, 0.05) is 11.6 Å². The lowest BCUT2D eigenvalue weighted by Gasteiger charge is -2.33. The average molecular weight is 233 g/mol. The van der Waals surface area contributed by atoms with Crippen molar-refractivity contribution in [1.29, 1.82) is 0 Å². The van der Waals surface area contributed by atoms with Crippen LogP contribution in [0.15, 0.2) is 30.3 Å². The minimum Gasteiger partial charge on any atom is -0.310 e. The highest BCUT2D eigenvalue weighted by atomic mass is 19.1. The number of benzene rings is 1. The van der Waals surface area contributed by atoms with Crippen molar-refractivity contribution in [3.63, 3.8) is 0 Å². The summed E-state index contributed by atoms with van der Waals surface area (Å²) in [7, 11) is 0. The largest absolute Gasteiger partial charge is 0.310 e. The molecule has 0 fully saturated rings. The van der Waals surface area contributed by atoms with Crippen LogP contribution in [0.25, 0.3) is 5.57 Å². The zero-order valence-electron chi connectivity index (χ0n) is 10.8. The smallest absolute Gasteiger partial charge is 0.130 e. The molecule has 0 aromatic heterocycles. The molecule has 0 amide bonds. The van der Waals surface area contributed by atoms with Gasteiger partial charge in [0.25, 0.3) is 0 Å². The molecule has 1 atom stereocenters. The highest BCUT2D eigenvalue weighted by molar-refractivity contribution is 5.67. The number of hydrogen-bond donors (Lipinski definition) is 1. The molecule has 0 bridgehead atoms. The molecule has 1 heterocycles. The standard InChI is InChI=1S/C15H20FN/c1-15(2,3)14-10-11(8-9-17-14)12-6-4-5-7-13(12)16/h4-7,10,14,17H,8-9H2,1-3H3. The Hall–Kier alpha value is -1.15. The zero-order chi connectivity index (χ0) is 12.5. The van der Waals surface area contributed by atoms with Gasteiger partial charge in [-0.3, -0.25) is 0 Å². The summed E-state index contributed by atoms with van der Waals surface area (Å²) in [5.74, 6) is -0.117. The predicted molar refractivity (Wildman–Crippen MR) is 70.2 cm³/mol. The van der Waals surface area contributed by atoms with Gasteiger partial charge in [0.2, 0.25) is 0 Å². The summed E-state index contributed by atoms with van der Waals surface area (Å²) in [5.41, 5.74) is 2.04. The second-order valence-electron chi connectivity index (χ2n) is 5.72. The second kappa shape index (κ2) is 4.61. The van der Waals surface area contributed by atoms with E-state index in [1.54, 1.807) is 6.07 Å². The maximum atomic E-state index is 13.7. The van der Waals surface area contributed by atoms with Crippen LogP contribution in [0.3, 0.4) is 0 Å². The first-order chi connectivity index (χ1) is 7.98. The van der Waals surface area contributed by atoms with E-state index in [9.17, 15) is 4.39 Å². The van der Waals surface area contributed by atoms with Crippen molar-refractivity contribution >= 4 is 5.57 Å². The highest BCUT2D eigenvalue weighted by Gasteiger charge is 2.25. The van der Waals surface area contributed by atoms with E-state index in [0.29, 0.717) is 6.04 Å². The molecule has 2 heteroatoms. The maximum Gasteiger partial charge on any atom is 0.130 e. The van der Waals surface area contributed by atoms with Crippen LogP contribution in [-0.4, -0.2) is 12.6 Å². The van der Waals surface area contributed by atoms with Crippen LogP contribution >= 0.6 is 0 Å². The van der Waals surface area contributed by atoms with Crippen molar-refractivity contribution in [2.24, 2.45) is 5.41 Å². The van der Waals surface area contributed by atoms with Crippen molar-refractivity contribution in [3.05, 3.63) is 41.7 Å². The lowest BCUT2D eigenvalue weighted by Crippen LogP contribution is -2.41. The minimum absolute atomic E-state index is 0.117. The molecule has 1 unspecified atom stereocenters. The van der Waals surface area contributed by atoms with Gasteiger partial charge >= 0.3 is 0 Å². The van der Waals surface area contributed by atoms with Crippen molar-refractivity contribution < 1.29 is 4.39 Å². The van der Waals surface area contributed by atoms with Gasteiger partial charge in [-0.1, -0.05) is 45.0 Å². The van der Waals surface area contributed by atoms with Gasteiger partial charge in [-0.15, -0.1) is 0 Å². The van der Waals surface area contributed by atoms with Crippen molar-refractivity contribution in [2.75, 3.05) is 6.54 Å². The number of hydrogen-bond acceptors (Lipinski definition) is 1. The molecule has 1 N–H and O–H groups in total. The van der Waals surface area contributed by atoms with Crippen molar-refractivity contribution in [1.82, 2.24) is 5.32 Å². The summed E-state index contributed by atoms with van der Waals surface area (Å²) in [6.45, 7) is 7.52. The molecule has 0 saturated carbocycles. The molecular formula is C15H20FN. The third kappa shape index (κ3) is 2.75. The van der Waals surface area contributed by atoms with Gasteiger partial charge < -0.3 is 5.32 Å². The normalized spacial score (nSPS) is 21.2. The van der Waals surface area contributed by atoms with Crippen LogP contribution in [0.5, 0.6) is 0 Å². The summed E-state index contributed by atoms with van der Waals surface area (Å²) < 4.78 is 13.7. The van der Waals surface area contributed by atoms with Gasteiger partial charge in [0.15, 0.2) is 0 Å². The van der Waals surface area contributed by atoms with Crippen molar-refractivity contribution in [2.45, 2.75) is 33.2 Å². The highest BCUT2D eigenvalue weighted by Crippen LogP contribution is 2.29. The summed E-state index contributed by atoms with van der Waals surface area (Å²) >= 11 is 0. The van der Waals surface area contributed by atoms with Gasteiger partial charge in [-0.25, -0.2) is 4.39 Å². The molecular weight excluding hydrogens is 213 g/mol. The molecule has 1 aliphatic rings. The van der Waals surface area contributed by atoms with E-state index in [1.165, 1.54) is 6.07 Å². The lowest BCUT2D eigenvalue weighted by atomic mass is 9.82. The maximum absolute atomic E-state index is 13.7. The van der Waals surface area contributed by atoms with Crippen LogP contribution < -0.4 is 5.32 Å². The molecule has 1 aromatic rings. The van der Waals surface area contributed by atoms with Crippen LogP contribution in [0.2, 0.25) is 0 Å². The Kier molecular flexibility index (Phi) is 3.34. The Labute approximate surface area is 103 Å². The Morgan fingerprint density at radius 1 is 1.24 bits per heavy atom. The first-order valence-corrected chi connectivity index (χ1v) is 6.17. The fraction of sp³-hybridized carbons (Fsp3) is 0.467. The van der Waals surface area contributed by atoms with E-state index in [1.807, 2.05) is 12.1 Å². The molecule has 0 aliphatic carbocycles. The number of halogens is 1. The Bertz CT molecular complexity index is 429. The lowest BCUT2D eigenvalue weighted by molar-refractivity contribution is 0.310. The third-order valence-corrected chi connectivity index (χ3v) is 3.28. The first-order valence-electron chi connectivity index (χ1n) is 6.17. The SMILES string of the molecule is CC(C)(C)C1C=C(c2ccccc2F)CCN1. The molecule has 0 radical (unpaired) electrons. The summed E-state index contributed by atoms with van der Waals surface area (Å²) in [6, 6.07) is 7.34. The summed E-state index contributed by atoms with van der Waals surface area (Å²) in [4.78, 5) is 0. The second-order valence-corrected chi connectivity index (χ2v) is 5.72. The molecule has 1 aromatic carbocycles. The number of rotatable bonds is 1. The predicted octanol–water partition coefficient (Wildman–Crippen LogP) is 3.62. The first kappa shape index (κ1) is 12.3. The molecule has 17 heavy (non-hydrogen) atoms. The van der Waals surface area contributed by atoms with E-state index in [2.05, 4.69) is 32.2 Å². The molecule has 2 rings (SSSR count). The van der Waals surface area contributed by atoms with Crippen LogP contribution in [0.4, 0.5) is 4.39 Å². The van der Waals surface area contributed by atoms with E-state index < -0.39 is 0 Å². The van der Waals surface area contributed by atoms with E-state index >= 15 is 0 Å². The van der Waals surface area contributed by atoms with E-state index in [-0.39, 0.29) is 11.2 Å². The zero-order valence-corrected chi connectivity index (χ0v) is 10.8. The molecule has 92 valence electrons. The van der Waals surface area contributed by atoms with Gasteiger partial charge in [-0.2, -0.15) is 0 Å². The quantitative estimate of drug-likeness (QED) is 0.781. The van der Waals surface area contributed by atoms with Gasteiger partial charge in [0.1, 0.15) is 5.82 Å². The fourth-order valence-corrected chi connectivity index (χ4v) is 2.21. The van der Waals surface area contributed by atoms with Crippen LogP contribution in [0, 0.1) is 11.2 Å². The Morgan fingerprint density at radius 2 is 1.94 bits per heavy atom. The third-order valence-electron chi connectivity index (χ3n) is 3.28. The monoisotopic (exact) mass is 233 g/mol. The summed E-state index contributed by atoms with van der Waals surface area (Å²) in [6.07, 6.45) is 3.08. The average Bonchev–Trinajstić information content (AvgIpc) is 2.29. The van der Waals surface area contributed by atoms with Crippen LogP contribution in [0.1, 0.15) is 32.8 Å². The topological polar surface area (TPSA) is 12.0 Å². The minimum atomic E-state index is -0.117. The van der Waals surface area contributed by atoms with Crippen molar-refractivity contribution in [3.8, 4) is 0 Å². The fourth-order valence-electron chi connectivity index (χ4n) is 2.21. The molecule has 0 saturated heterocycles. The molecule has 1 nitrogen and oxygen atoms in total. The molecule has 0 spiro atoms. The Morgan fingerprint density at radius 3 is 2.59 bits per heavy atom. The van der Waals surface area contributed by atoms with E-state index in [4.69, 9.17) is 0 Å². The molecule has 1 aliphatic heterocycles. The number of nitrogens with one attached hydrogen (secondary N) is 1. The Balaban J connectivity index is 2.33. The van der Waals surface area contributed by atoms with Crippen LogP contribution in [-0.2, 0) is 0 Å². The summed E-state index contributed by atoms with van der Waals surface area (Å²) in [5, 5.41) is 3.48. The van der Waals surface area contributed by atoms with Gasteiger partial charge in [0.05, 0.1) is 0 Å². The van der Waals surface area contributed by atoms with E-state index in [0.717, 1.165) is 24.1 Å².